The van der Waals surface area contributed by atoms with Gasteiger partial charge in [0, 0.05) is 6.54 Å². The number of nitrogens with zero attached hydrogens (tertiary/aromatic N) is 2. The number of aromatic carboxylic acids is 1. The number of hydrogen-bond donors (Lipinski definition) is 1. The van der Waals surface area contributed by atoms with Gasteiger partial charge in [-0.3, -0.25) is 0 Å². The van der Waals surface area contributed by atoms with Crippen LogP contribution in [0.1, 0.15) is 60.8 Å². The number of carboxylic acids is 1. The van der Waals surface area contributed by atoms with Gasteiger partial charge in [-0.2, -0.15) is 0 Å². The van der Waals surface area contributed by atoms with Crippen molar-refractivity contribution in [2.45, 2.75) is 57.6 Å². The van der Waals surface area contributed by atoms with Crippen molar-refractivity contribution >= 4 is 22.4 Å². The zero-order chi connectivity index (χ0) is 15.0. The SMILES string of the molecule is CC(C)c1nc(N2CCOC3CCCCC32)sc1C(=O)O. The molecule has 1 aliphatic carbocycles. The van der Waals surface area contributed by atoms with Crippen molar-refractivity contribution < 1.29 is 14.6 Å². The molecule has 1 aromatic rings. The minimum atomic E-state index is -0.865. The second kappa shape index (κ2) is 5.93. The lowest BCUT2D eigenvalue weighted by atomic mass is 9.90. The number of carbonyl (C=O) groups is 1. The normalized spacial score (nSPS) is 26.0. The van der Waals surface area contributed by atoms with Crippen molar-refractivity contribution in [3.8, 4) is 0 Å². The summed E-state index contributed by atoms with van der Waals surface area (Å²) in [6.45, 7) is 5.51. The Labute approximate surface area is 128 Å². The first-order valence-corrected chi connectivity index (χ1v) is 8.52. The lowest BCUT2D eigenvalue weighted by molar-refractivity contribution is -0.00870. The van der Waals surface area contributed by atoms with Gasteiger partial charge in [-0.25, -0.2) is 9.78 Å². The molecular weight excluding hydrogens is 288 g/mol. The molecule has 2 heterocycles. The Morgan fingerprint density at radius 3 is 2.86 bits per heavy atom. The van der Waals surface area contributed by atoms with E-state index in [0.717, 1.165) is 24.5 Å². The third kappa shape index (κ3) is 2.79. The first-order valence-electron chi connectivity index (χ1n) is 7.70. The van der Waals surface area contributed by atoms with Gasteiger partial charge in [-0.05, 0) is 18.8 Å². The Hall–Kier alpha value is -1.14. The maximum absolute atomic E-state index is 11.4. The van der Waals surface area contributed by atoms with Gasteiger partial charge in [0.1, 0.15) is 4.88 Å². The Bertz CT molecular complexity index is 527. The van der Waals surface area contributed by atoms with Crippen molar-refractivity contribution in [1.29, 1.82) is 0 Å². The summed E-state index contributed by atoms with van der Waals surface area (Å²) in [5, 5.41) is 10.2. The zero-order valence-electron chi connectivity index (χ0n) is 12.5. The fourth-order valence-electron chi connectivity index (χ4n) is 3.32. The molecule has 1 saturated heterocycles. The van der Waals surface area contributed by atoms with Crippen molar-refractivity contribution in [3.05, 3.63) is 10.6 Å². The van der Waals surface area contributed by atoms with Crippen molar-refractivity contribution in [2.24, 2.45) is 0 Å². The van der Waals surface area contributed by atoms with Gasteiger partial charge in [0.15, 0.2) is 5.13 Å². The molecule has 0 bridgehead atoms. The molecule has 0 spiro atoms. The van der Waals surface area contributed by atoms with E-state index in [-0.39, 0.29) is 12.0 Å². The molecule has 1 aromatic heterocycles. The number of aromatic nitrogens is 1. The molecule has 21 heavy (non-hydrogen) atoms. The van der Waals surface area contributed by atoms with Crippen LogP contribution in [0.2, 0.25) is 0 Å². The summed E-state index contributed by atoms with van der Waals surface area (Å²) in [7, 11) is 0. The number of fused-ring (bicyclic) bond motifs is 1. The van der Waals surface area contributed by atoms with Gasteiger partial charge in [-0.1, -0.05) is 38.0 Å². The van der Waals surface area contributed by atoms with E-state index in [1.165, 1.54) is 24.2 Å². The molecule has 2 unspecified atom stereocenters. The van der Waals surface area contributed by atoms with Gasteiger partial charge in [0.05, 0.1) is 24.4 Å². The molecule has 2 atom stereocenters. The molecular formula is C15H22N2O3S. The van der Waals surface area contributed by atoms with E-state index in [2.05, 4.69) is 9.88 Å². The van der Waals surface area contributed by atoms with Crippen LogP contribution < -0.4 is 4.90 Å². The predicted octanol–water partition coefficient (Wildman–Crippen LogP) is 3.11. The highest BCUT2D eigenvalue weighted by Crippen LogP contribution is 2.36. The third-order valence-corrected chi connectivity index (χ3v) is 5.46. The Kier molecular flexibility index (Phi) is 4.17. The minimum Gasteiger partial charge on any atom is -0.477 e. The van der Waals surface area contributed by atoms with E-state index in [9.17, 15) is 9.90 Å². The van der Waals surface area contributed by atoms with Crippen molar-refractivity contribution in [3.63, 3.8) is 0 Å². The van der Waals surface area contributed by atoms with E-state index in [4.69, 9.17) is 4.74 Å². The summed E-state index contributed by atoms with van der Waals surface area (Å²) in [4.78, 5) is 18.8. The van der Waals surface area contributed by atoms with Crippen LogP contribution in [0.4, 0.5) is 5.13 Å². The van der Waals surface area contributed by atoms with E-state index in [1.807, 2.05) is 13.8 Å². The highest BCUT2D eigenvalue weighted by molar-refractivity contribution is 7.17. The lowest BCUT2D eigenvalue weighted by Crippen LogP contribution is -2.52. The summed E-state index contributed by atoms with van der Waals surface area (Å²) in [5.41, 5.74) is 0.710. The van der Waals surface area contributed by atoms with Crippen molar-refractivity contribution in [2.75, 3.05) is 18.1 Å². The standard InChI is InChI=1S/C15H22N2O3S/c1-9(2)12-13(14(18)19)21-15(16-12)17-7-8-20-11-6-4-3-5-10(11)17/h9-11H,3-8H2,1-2H3,(H,18,19). The monoisotopic (exact) mass is 310 g/mol. The number of hydrogen-bond acceptors (Lipinski definition) is 5. The second-order valence-electron chi connectivity index (χ2n) is 6.13. The molecule has 0 radical (unpaired) electrons. The smallest absolute Gasteiger partial charge is 0.347 e. The summed E-state index contributed by atoms with van der Waals surface area (Å²) in [6.07, 6.45) is 4.95. The van der Waals surface area contributed by atoms with Gasteiger partial charge >= 0.3 is 5.97 Å². The third-order valence-electron chi connectivity index (χ3n) is 4.36. The topological polar surface area (TPSA) is 62.7 Å². The lowest BCUT2D eigenvalue weighted by Gasteiger charge is -2.43. The maximum Gasteiger partial charge on any atom is 0.347 e. The van der Waals surface area contributed by atoms with Crippen molar-refractivity contribution in [1.82, 2.24) is 4.98 Å². The molecule has 6 heteroatoms. The number of morpholine rings is 1. The Morgan fingerprint density at radius 1 is 1.43 bits per heavy atom. The molecule has 1 aliphatic heterocycles. The van der Waals surface area contributed by atoms with Crippen LogP contribution in [-0.4, -0.2) is 41.4 Å². The zero-order valence-corrected chi connectivity index (χ0v) is 13.4. The number of ether oxygens (including phenoxy) is 1. The predicted molar refractivity (Wildman–Crippen MR) is 82.5 cm³/mol. The van der Waals surface area contributed by atoms with Crippen LogP contribution in [-0.2, 0) is 4.74 Å². The molecule has 1 N–H and O–H groups in total. The number of thiazole rings is 1. The first kappa shape index (κ1) is 14.8. The van der Waals surface area contributed by atoms with E-state index in [0.29, 0.717) is 23.2 Å². The maximum atomic E-state index is 11.4. The molecule has 2 aliphatic rings. The molecule has 1 saturated carbocycles. The fourth-order valence-corrected chi connectivity index (χ4v) is 4.47. The van der Waals surface area contributed by atoms with Crippen LogP contribution in [0.3, 0.4) is 0 Å². The number of anilines is 1. The highest BCUT2D eigenvalue weighted by atomic mass is 32.1. The Morgan fingerprint density at radius 2 is 2.19 bits per heavy atom. The van der Waals surface area contributed by atoms with E-state index in [1.54, 1.807) is 0 Å². The van der Waals surface area contributed by atoms with Gasteiger partial charge in [0.2, 0.25) is 0 Å². The fraction of sp³-hybridized carbons (Fsp3) is 0.733. The minimum absolute atomic E-state index is 0.129. The van der Waals surface area contributed by atoms with E-state index >= 15 is 0 Å². The Balaban J connectivity index is 1.91. The summed E-state index contributed by atoms with van der Waals surface area (Å²) in [5.74, 6) is -0.736. The molecule has 3 rings (SSSR count). The molecule has 0 aromatic carbocycles. The van der Waals surface area contributed by atoms with Gasteiger partial charge < -0.3 is 14.7 Å². The second-order valence-corrected chi connectivity index (χ2v) is 7.10. The number of rotatable bonds is 3. The quantitative estimate of drug-likeness (QED) is 0.929. The molecule has 0 amide bonds. The van der Waals surface area contributed by atoms with Crippen LogP contribution in [0.15, 0.2) is 0 Å². The molecule has 2 fully saturated rings. The van der Waals surface area contributed by atoms with Crippen LogP contribution in [0.25, 0.3) is 0 Å². The molecule has 5 nitrogen and oxygen atoms in total. The summed E-state index contributed by atoms with van der Waals surface area (Å²) in [6, 6.07) is 0.361. The van der Waals surface area contributed by atoms with Crippen LogP contribution in [0.5, 0.6) is 0 Å². The highest BCUT2D eigenvalue weighted by Gasteiger charge is 2.36. The summed E-state index contributed by atoms with van der Waals surface area (Å²) >= 11 is 1.32. The van der Waals surface area contributed by atoms with E-state index < -0.39 is 5.97 Å². The van der Waals surface area contributed by atoms with Gasteiger partial charge in [0.25, 0.3) is 0 Å². The first-order chi connectivity index (χ1) is 10.1. The average Bonchev–Trinajstić information content (AvgIpc) is 2.92. The molecule has 116 valence electrons. The van der Waals surface area contributed by atoms with Crippen LogP contribution in [0, 0.1) is 0 Å². The largest absolute Gasteiger partial charge is 0.477 e. The average molecular weight is 310 g/mol. The van der Waals surface area contributed by atoms with Crippen LogP contribution >= 0.6 is 11.3 Å². The van der Waals surface area contributed by atoms with Gasteiger partial charge in [-0.15, -0.1) is 0 Å². The summed E-state index contributed by atoms with van der Waals surface area (Å²) < 4.78 is 5.88. The number of carboxylic acid groups (broad SMARTS) is 1.